The van der Waals surface area contributed by atoms with Crippen LogP contribution in [0, 0.1) is 0 Å². The lowest BCUT2D eigenvalue weighted by Gasteiger charge is -2.24. The number of carbonyl (C=O) groups excluding carboxylic acids is 2. The predicted molar refractivity (Wildman–Crippen MR) is 250 cm³/mol. The number of hydrogen-bond acceptors (Lipinski definition) is 5. The standard InChI is InChI=1S/C52H95NO5/c1-4-7-10-13-16-19-22-24-26-28-30-33-36-39-42-45-52(57)58-48(43-40-37-34-31-29-27-25-23-20-17-14-11-8-5-2)46-51(56)53-49(47-54)50(55)44-41-38-35-32-21-18-15-12-9-6-3/h8,11,17,20,25,27,31,34,48-50,54-55H,4-7,9-10,12-16,18-19,21-24,26,28-30,32-33,35-47H2,1-3H3,(H,53,56)/b11-8+,20-17+,27-25+,34-31+. The van der Waals surface area contributed by atoms with Crippen LogP contribution in [0.1, 0.15) is 245 Å². The lowest BCUT2D eigenvalue weighted by Crippen LogP contribution is -2.46. The molecular formula is C52H95NO5. The first-order chi connectivity index (χ1) is 28.5. The second-order valence-electron chi connectivity index (χ2n) is 16.8. The molecular weight excluding hydrogens is 719 g/mol. The maximum absolute atomic E-state index is 13.2. The van der Waals surface area contributed by atoms with Gasteiger partial charge in [-0.25, -0.2) is 0 Å². The molecule has 0 aliphatic carbocycles. The summed E-state index contributed by atoms with van der Waals surface area (Å²) in [6.07, 6.45) is 54.6. The first kappa shape index (κ1) is 55.8. The summed E-state index contributed by atoms with van der Waals surface area (Å²) in [5.74, 6) is -0.523. The van der Waals surface area contributed by atoms with Crippen molar-refractivity contribution in [3.63, 3.8) is 0 Å². The number of rotatable bonds is 44. The maximum atomic E-state index is 13.2. The average molecular weight is 814 g/mol. The highest BCUT2D eigenvalue weighted by Gasteiger charge is 2.24. The Balaban J connectivity index is 4.65. The average Bonchev–Trinajstić information content (AvgIpc) is 3.22. The van der Waals surface area contributed by atoms with Gasteiger partial charge in [-0.1, -0.05) is 223 Å². The molecule has 0 saturated heterocycles. The van der Waals surface area contributed by atoms with E-state index < -0.39 is 18.2 Å². The summed E-state index contributed by atoms with van der Waals surface area (Å²) in [5, 5.41) is 23.7. The second kappa shape index (κ2) is 45.9. The quantitative estimate of drug-likeness (QED) is 0.0323. The Morgan fingerprint density at radius 1 is 0.517 bits per heavy atom. The van der Waals surface area contributed by atoms with Crippen molar-refractivity contribution in [2.45, 2.75) is 264 Å². The highest BCUT2D eigenvalue weighted by molar-refractivity contribution is 5.77. The molecule has 0 bridgehead atoms. The lowest BCUT2D eigenvalue weighted by atomic mass is 10.0. The van der Waals surface area contributed by atoms with E-state index >= 15 is 0 Å². The van der Waals surface area contributed by atoms with Gasteiger partial charge in [-0.15, -0.1) is 0 Å². The van der Waals surface area contributed by atoms with Crippen LogP contribution in [0.15, 0.2) is 48.6 Å². The zero-order chi connectivity index (χ0) is 42.4. The number of unbranched alkanes of at least 4 members (excludes halogenated alkanes) is 24. The van der Waals surface area contributed by atoms with E-state index in [0.29, 0.717) is 19.3 Å². The van der Waals surface area contributed by atoms with E-state index in [9.17, 15) is 19.8 Å². The van der Waals surface area contributed by atoms with E-state index in [-0.39, 0.29) is 24.9 Å². The molecule has 0 aromatic rings. The second-order valence-corrected chi connectivity index (χ2v) is 16.8. The van der Waals surface area contributed by atoms with Crippen LogP contribution in [0.4, 0.5) is 0 Å². The van der Waals surface area contributed by atoms with E-state index in [4.69, 9.17) is 4.74 Å². The van der Waals surface area contributed by atoms with Gasteiger partial charge in [0.2, 0.25) is 5.91 Å². The fourth-order valence-corrected chi connectivity index (χ4v) is 7.43. The Bertz CT molecular complexity index is 1000. The highest BCUT2D eigenvalue weighted by atomic mass is 16.5. The van der Waals surface area contributed by atoms with Gasteiger partial charge in [-0.3, -0.25) is 9.59 Å². The largest absolute Gasteiger partial charge is 0.462 e. The molecule has 0 aliphatic heterocycles. The molecule has 0 radical (unpaired) electrons. The van der Waals surface area contributed by atoms with Crippen molar-refractivity contribution >= 4 is 11.9 Å². The first-order valence-corrected chi connectivity index (χ1v) is 24.9. The summed E-state index contributed by atoms with van der Waals surface area (Å²) >= 11 is 0. The van der Waals surface area contributed by atoms with E-state index in [2.05, 4.69) is 74.7 Å². The van der Waals surface area contributed by atoms with Crippen LogP contribution in [0.25, 0.3) is 0 Å². The number of nitrogens with one attached hydrogen (secondary N) is 1. The van der Waals surface area contributed by atoms with Crippen molar-refractivity contribution in [2.24, 2.45) is 0 Å². The van der Waals surface area contributed by atoms with Crippen molar-refractivity contribution in [3.8, 4) is 0 Å². The molecule has 1 amide bonds. The van der Waals surface area contributed by atoms with Crippen molar-refractivity contribution < 1.29 is 24.5 Å². The van der Waals surface area contributed by atoms with Crippen molar-refractivity contribution in [3.05, 3.63) is 48.6 Å². The van der Waals surface area contributed by atoms with Crippen LogP contribution >= 0.6 is 0 Å². The van der Waals surface area contributed by atoms with Gasteiger partial charge in [0.1, 0.15) is 6.10 Å². The Labute approximate surface area is 359 Å². The number of aliphatic hydroxyl groups excluding tert-OH is 2. The van der Waals surface area contributed by atoms with Crippen molar-refractivity contribution in [2.75, 3.05) is 6.61 Å². The van der Waals surface area contributed by atoms with Crippen LogP contribution in [0.3, 0.4) is 0 Å². The SMILES string of the molecule is CC/C=C/C/C=C/C/C=C/C/C=C/CCCC(CC(=O)NC(CO)C(O)CCCCCCCCCCCC)OC(=O)CCCCCCCCCCCCCCCCC. The number of aliphatic hydroxyl groups is 2. The molecule has 0 fully saturated rings. The summed E-state index contributed by atoms with van der Waals surface area (Å²) in [6.45, 7) is 6.34. The van der Waals surface area contributed by atoms with Crippen molar-refractivity contribution in [1.29, 1.82) is 0 Å². The number of amides is 1. The highest BCUT2D eigenvalue weighted by Crippen LogP contribution is 2.17. The van der Waals surface area contributed by atoms with Crippen LogP contribution < -0.4 is 5.32 Å². The van der Waals surface area contributed by atoms with E-state index in [1.807, 2.05) is 0 Å². The van der Waals surface area contributed by atoms with Gasteiger partial charge in [0.05, 0.1) is 25.2 Å². The van der Waals surface area contributed by atoms with Gasteiger partial charge in [-0.05, 0) is 57.8 Å². The van der Waals surface area contributed by atoms with Crippen molar-refractivity contribution in [1.82, 2.24) is 5.32 Å². The predicted octanol–water partition coefficient (Wildman–Crippen LogP) is 14.7. The Morgan fingerprint density at radius 2 is 0.931 bits per heavy atom. The minimum Gasteiger partial charge on any atom is -0.462 e. The molecule has 3 N–H and O–H groups in total. The van der Waals surface area contributed by atoms with Gasteiger partial charge in [-0.2, -0.15) is 0 Å². The van der Waals surface area contributed by atoms with Crippen LogP contribution in [0.2, 0.25) is 0 Å². The maximum Gasteiger partial charge on any atom is 0.306 e. The van der Waals surface area contributed by atoms with Gasteiger partial charge in [0.25, 0.3) is 0 Å². The summed E-state index contributed by atoms with van der Waals surface area (Å²) in [4.78, 5) is 26.1. The molecule has 338 valence electrons. The Hall–Kier alpha value is -2.18. The van der Waals surface area contributed by atoms with E-state index in [1.165, 1.54) is 122 Å². The smallest absolute Gasteiger partial charge is 0.306 e. The normalized spacial score (nSPS) is 13.7. The molecule has 0 heterocycles. The first-order valence-electron chi connectivity index (χ1n) is 24.9. The molecule has 0 spiro atoms. The molecule has 6 heteroatoms. The topological polar surface area (TPSA) is 95.9 Å². The van der Waals surface area contributed by atoms with E-state index in [0.717, 1.165) is 77.0 Å². The van der Waals surface area contributed by atoms with E-state index in [1.54, 1.807) is 0 Å². The van der Waals surface area contributed by atoms with Gasteiger partial charge >= 0.3 is 5.97 Å². The number of carbonyl (C=O) groups is 2. The Kier molecular flexibility index (Phi) is 44.2. The fraction of sp³-hybridized carbons (Fsp3) is 0.808. The molecule has 0 aromatic carbocycles. The molecule has 3 unspecified atom stereocenters. The summed E-state index contributed by atoms with van der Waals surface area (Å²) in [6, 6.07) is -0.716. The summed E-state index contributed by atoms with van der Waals surface area (Å²) < 4.78 is 5.90. The van der Waals surface area contributed by atoms with Gasteiger partial charge in [0.15, 0.2) is 0 Å². The third-order valence-corrected chi connectivity index (χ3v) is 11.2. The molecule has 0 saturated carbocycles. The van der Waals surface area contributed by atoms with Gasteiger partial charge in [0, 0.05) is 6.42 Å². The minimum atomic E-state index is -0.799. The molecule has 58 heavy (non-hydrogen) atoms. The molecule has 3 atom stereocenters. The number of ether oxygens (including phenoxy) is 1. The molecule has 0 aromatic heterocycles. The third-order valence-electron chi connectivity index (χ3n) is 11.2. The zero-order valence-corrected chi connectivity index (χ0v) is 38.4. The molecule has 0 aliphatic rings. The number of hydrogen-bond donors (Lipinski definition) is 3. The molecule has 0 rings (SSSR count). The lowest BCUT2D eigenvalue weighted by molar-refractivity contribution is -0.151. The van der Waals surface area contributed by atoms with Crippen LogP contribution in [-0.2, 0) is 14.3 Å². The Morgan fingerprint density at radius 3 is 1.38 bits per heavy atom. The minimum absolute atomic E-state index is 0.0419. The third kappa shape index (κ3) is 40.6. The summed E-state index contributed by atoms with van der Waals surface area (Å²) in [5.41, 5.74) is 0. The van der Waals surface area contributed by atoms with Crippen LogP contribution in [0.5, 0.6) is 0 Å². The number of esters is 1. The van der Waals surface area contributed by atoms with Crippen LogP contribution in [-0.4, -0.2) is 46.9 Å². The fourth-order valence-electron chi connectivity index (χ4n) is 7.43. The zero-order valence-electron chi connectivity index (χ0n) is 38.4. The van der Waals surface area contributed by atoms with Gasteiger partial charge < -0.3 is 20.3 Å². The molecule has 6 nitrogen and oxygen atoms in total. The number of allylic oxidation sites excluding steroid dienone is 8. The monoisotopic (exact) mass is 814 g/mol. The summed E-state index contributed by atoms with van der Waals surface area (Å²) in [7, 11) is 0.